The van der Waals surface area contributed by atoms with Crippen LogP contribution in [0.3, 0.4) is 0 Å². The zero-order valence-electron chi connectivity index (χ0n) is 14.3. The molecule has 4 rings (SSSR count). The molecule has 4 aliphatic carbocycles. The Morgan fingerprint density at radius 2 is 1.76 bits per heavy atom. The van der Waals surface area contributed by atoms with Crippen LogP contribution < -0.4 is 0 Å². The number of methoxy groups -OCH3 is 1. The summed E-state index contributed by atoms with van der Waals surface area (Å²) in [7, 11) is 1.72. The molecule has 2 heteroatoms. The Bertz CT molecular complexity index is 409. The molecule has 4 saturated carbocycles. The van der Waals surface area contributed by atoms with Crippen molar-refractivity contribution in [1.29, 1.82) is 0 Å². The van der Waals surface area contributed by atoms with Crippen LogP contribution in [0.4, 0.5) is 0 Å². The molecule has 0 amide bonds. The number of hydrogen-bond acceptors (Lipinski definition) is 2. The second kappa shape index (κ2) is 5.08. The van der Waals surface area contributed by atoms with E-state index in [9.17, 15) is 4.79 Å². The third-order valence-electron chi connectivity index (χ3n) is 6.60. The van der Waals surface area contributed by atoms with Gasteiger partial charge in [-0.1, -0.05) is 20.8 Å². The first-order valence-electron chi connectivity index (χ1n) is 8.79. The maximum Gasteiger partial charge on any atom is 0.136 e. The van der Waals surface area contributed by atoms with Crippen LogP contribution in [0, 0.1) is 28.1 Å². The van der Waals surface area contributed by atoms with Gasteiger partial charge in [-0.3, -0.25) is 4.79 Å². The Balaban J connectivity index is 1.71. The molecular weight excluding hydrogens is 260 g/mol. The van der Waals surface area contributed by atoms with Crippen LogP contribution in [0.5, 0.6) is 0 Å². The minimum absolute atomic E-state index is 0.165. The monoisotopic (exact) mass is 292 g/mol. The van der Waals surface area contributed by atoms with E-state index in [2.05, 4.69) is 20.8 Å². The van der Waals surface area contributed by atoms with Crippen molar-refractivity contribution in [3.63, 3.8) is 0 Å². The molecule has 0 saturated heterocycles. The van der Waals surface area contributed by atoms with Crippen molar-refractivity contribution in [3.8, 4) is 0 Å². The summed E-state index contributed by atoms with van der Waals surface area (Å²) >= 11 is 0. The highest BCUT2D eigenvalue weighted by Crippen LogP contribution is 2.70. The molecule has 4 bridgehead atoms. The van der Waals surface area contributed by atoms with E-state index in [0.717, 1.165) is 18.8 Å². The molecule has 0 aromatic carbocycles. The van der Waals surface area contributed by atoms with Gasteiger partial charge in [-0.15, -0.1) is 0 Å². The number of hydrogen-bond donors (Lipinski definition) is 0. The van der Waals surface area contributed by atoms with Gasteiger partial charge in [-0.05, 0) is 67.1 Å². The van der Waals surface area contributed by atoms with Crippen LogP contribution in [0.25, 0.3) is 0 Å². The number of Topliss-reactive ketones (excluding diaryl/α,β-unsaturated/α-hetero) is 1. The van der Waals surface area contributed by atoms with Crippen molar-refractivity contribution in [2.75, 3.05) is 13.7 Å². The van der Waals surface area contributed by atoms with Gasteiger partial charge in [-0.2, -0.15) is 0 Å². The zero-order valence-corrected chi connectivity index (χ0v) is 14.3. The Morgan fingerprint density at radius 1 is 1.14 bits per heavy atom. The second-order valence-corrected chi connectivity index (χ2v) is 9.46. The minimum Gasteiger partial charge on any atom is -0.385 e. The second-order valence-electron chi connectivity index (χ2n) is 9.46. The van der Waals surface area contributed by atoms with Crippen molar-refractivity contribution in [3.05, 3.63) is 0 Å². The highest BCUT2D eigenvalue weighted by molar-refractivity contribution is 5.81. The van der Waals surface area contributed by atoms with Gasteiger partial charge in [0.05, 0.1) is 0 Å². The van der Waals surface area contributed by atoms with Crippen LogP contribution in [0.2, 0.25) is 0 Å². The Labute approximate surface area is 130 Å². The topological polar surface area (TPSA) is 26.3 Å². The Morgan fingerprint density at radius 3 is 2.29 bits per heavy atom. The molecule has 0 spiro atoms. The molecule has 4 aliphatic rings. The molecule has 21 heavy (non-hydrogen) atoms. The van der Waals surface area contributed by atoms with E-state index in [1.54, 1.807) is 7.11 Å². The molecule has 0 heterocycles. The molecule has 0 N–H and O–H groups in total. The molecule has 0 aromatic rings. The molecule has 0 aliphatic heterocycles. The lowest BCUT2D eigenvalue weighted by Gasteiger charge is -2.65. The summed E-state index contributed by atoms with van der Waals surface area (Å²) in [5, 5.41) is 0. The highest BCUT2D eigenvalue weighted by atomic mass is 16.5. The first-order valence-corrected chi connectivity index (χ1v) is 8.79. The number of ether oxygens (including phenoxy) is 1. The van der Waals surface area contributed by atoms with Crippen molar-refractivity contribution in [2.24, 2.45) is 28.1 Å². The third kappa shape index (κ3) is 2.93. The van der Waals surface area contributed by atoms with Gasteiger partial charge in [0.15, 0.2) is 0 Å². The number of carbonyl (C=O) groups is 1. The molecule has 0 radical (unpaired) electrons. The van der Waals surface area contributed by atoms with Gasteiger partial charge in [-0.25, -0.2) is 0 Å². The van der Waals surface area contributed by atoms with E-state index >= 15 is 0 Å². The number of rotatable bonds is 6. The summed E-state index contributed by atoms with van der Waals surface area (Å²) in [4.78, 5) is 12.7. The fourth-order valence-corrected chi connectivity index (χ4v) is 6.88. The van der Waals surface area contributed by atoms with E-state index in [-0.39, 0.29) is 5.92 Å². The summed E-state index contributed by atoms with van der Waals surface area (Å²) in [6.07, 6.45) is 9.86. The molecule has 4 fully saturated rings. The summed E-state index contributed by atoms with van der Waals surface area (Å²) in [6.45, 7) is 7.77. The van der Waals surface area contributed by atoms with E-state index in [0.29, 0.717) is 28.6 Å². The highest BCUT2D eigenvalue weighted by Gasteiger charge is 2.60. The lowest BCUT2D eigenvalue weighted by atomic mass is 9.39. The molecular formula is C19H32O2. The van der Waals surface area contributed by atoms with E-state index < -0.39 is 0 Å². The van der Waals surface area contributed by atoms with Gasteiger partial charge < -0.3 is 4.74 Å². The van der Waals surface area contributed by atoms with Gasteiger partial charge in [0.25, 0.3) is 0 Å². The fourth-order valence-electron chi connectivity index (χ4n) is 6.88. The summed E-state index contributed by atoms with van der Waals surface area (Å²) in [6, 6.07) is 0. The standard InChI is InChI=1S/C19H32O2/c1-14(5-6-21-4)16(20)10-19-9-15-7-17(2,12-19)11-18(3,8-15)13-19/h14-15H,5-13H2,1-4H3. The van der Waals surface area contributed by atoms with Gasteiger partial charge in [0, 0.05) is 26.1 Å². The third-order valence-corrected chi connectivity index (χ3v) is 6.60. The van der Waals surface area contributed by atoms with Crippen LogP contribution >= 0.6 is 0 Å². The first kappa shape index (κ1) is 15.5. The average molecular weight is 292 g/mol. The lowest BCUT2D eigenvalue weighted by Crippen LogP contribution is -2.55. The van der Waals surface area contributed by atoms with Gasteiger partial charge >= 0.3 is 0 Å². The number of ketones is 1. The van der Waals surface area contributed by atoms with Crippen molar-refractivity contribution >= 4 is 5.78 Å². The fraction of sp³-hybridized carbons (Fsp3) is 0.947. The minimum atomic E-state index is 0.165. The van der Waals surface area contributed by atoms with E-state index in [1.165, 1.54) is 38.5 Å². The smallest absolute Gasteiger partial charge is 0.136 e. The lowest BCUT2D eigenvalue weighted by molar-refractivity contribution is -0.156. The maximum absolute atomic E-state index is 12.7. The van der Waals surface area contributed by atoms with Crippen LogP contribution in [-0.4, -0.2) is 19.5 Å². The molecule has 120 valence electrons. The zero-order chi connectivity index (χ0) is 15.3. The largest absolute Gasteiger partial charge is 0.385 e. The Hall–Kier alpha value is -0.370. The average Bonchev–Trinajstić information content (AvgIpc) is 2.30. The van der Waals surface area contributed by atoms with E-state index in [4.69, 9.17) is 4.74 Å². The predicted octanol–water partition coefficient (Wildman–Crippen LogP) is 4.61. The Kier molecular flexibility index (Phi) is 3.75. The summed E-state index contributed by atoms with van der Waals surface area (Å²) in [5.41, 5.74) is 1.37. The van der Waals surface area contributed by atoms with Crippen LogP contribution in [0.1, 0.15) is 72.1 Å². The first-order chi connectivity index (χ1) is 9.77. The van der Waals surface area contributed by atoms with Crippen molar-refractivity contribution in [1.82, 2.24) is 0 Å². The normalized spacial score (nSPS) is 45.8. The van der Waals surface area contributed by atoms with Crippen molar-refractivity contribution in [2.45, 2.75) is 72.1 Å². The summed E-state index contributed by atoms with van der Waals surface area (Å²) in [5.74, 6) is 1.54. The predicted molar refractivity (Wildman–Crippen MR) is 85.1 cm³/mol. The quantitative estimate of drug-likeness (QED) is 0.714. The molecule has 2 nitrogen and oxygen atoms in total. The van der Waals surface area contributed by atoms with Gasteiger partial charge in [0.2, 0.25) is 0 Å². The molecule has 3 unspecified atom stereocenters. The SMILES string of the molecule is COCCC(C)C(=O)CC12CC3CC(C)(CC(C)(C3)C1)C2. The molecule has 0 aromatic heterocycles. The maximum atomic E-state index is 12.7. The van der Waals surface area contributed by atoms with Crippen LogP contribution in [-0.2, 0) is 9.53 Å². The van der Waals surface area contributed by atoms with Crippen LogP contribution in [0.15, 0.2) is 0 Å². The van der Waals surface area contributed by atoms with Crippen molar-refractivity contribution < 1.29 is 9.53 Å². The summed E-state index contributed by atoms with van der Waals surface area (Å²) < 4.78 is 5.14. The molecule has 3 atom stereocenters. The van der Waals surface area contributed by atoms with Gasteiger partial charge in [0.1, 0.15) is 5.78 Å². The van der Waals surface area contributed by atoms with E-state index in [1.807, 2.05) is 0 Å². The number of carbonyl (C=O) groups excluding carboxylic acids is 1.